The molecule has 0 aliphatic heterocycles. The Hall–Kier alpha value is -4.32. The van der Waals surface area contributed by atoms with Crippen LogP contribution in [0, 0.1) is 11.8 Å². The number of Topliss-reactive ketones (excluding diaryl/α,β-unsaturated/α-hetero) is 3. The van der Waals surface area contributed by atoms with Crippen LogP contribution in [0.4, 0.5) is 0 Å². The van der Waals surface area contributed by atoms with E-state index in [0.717, 1.165) is 18.5 Å². The standard InChI is InChI=1S/C33H37N3O8/c1-35(2)13-5-6-22(37)17-9-7-16(8-10-17)19-11-12-23(38)25-20(19)14-18-15-21-27(36(3)4)29(40)26(32(34)43)31(42)33(21,44)30(41)24(18)28(25)39/h7-12,18,21,27,38-39,42,44H,5-6,13-15H2,1-4H3,(H2,34,43)/t18-,21-,27-,33-/m0/s1. The van der Waals surface area contributed by atoms with Gasteiger partial charge in [0.25, 0.3) is 5.91 Å². The van der Waals surface area contributed by atoms with Crippen LogP contribution in [0.2, 0.25) is 0 Å². The van der Waals surface area contributed by atoms with Crippen LogP contribution in [0.25, 0.3) is 16.9 Å². The molecule has 0 spiro atoms. The molecule has 0 unspecified atom stereocenters. The number of primary amides is 1. The van der Waals surface area contributed by atoms with E-state index in [-0.39, 0.29) is 35.5 Å². The van der Waals surface area contributed by atoms with Gasteiger partial charge in [0.05, 0.1) is 11.6 Å². The van der Waals surface area contributed by atoms with Crippen LogP contribution in [0.3, 0.4) is 0 Å². The van der Waals surface area contributed by atoms with Gasteiger partial charge in [0.1, 0.15) is 22.8 Å². The number of aromatic hydroxyl groups is 1. The van der Waals surface area contributed by atoms with E-state index in [4.69, 9.17) is 5.73 Å². The van der Waals surface area contributed by atoms with Crippen LogP contribution in [-0.4, -0.2) is 99.9 Å². The van der Waals surface area contributed by atoms with E-state index in [9.17, 15) is 39.6 Å². The lowest BCUT2D eigenvalue weighted by Gasteiger charge is -2.50. The molecule has 44 heavy (non-hydrogen) atoms. The monoisotopic (exact) mass is 603 g/mol. The summed E-state index contributed by atoms with van der Waals surface area (Å²) >= 11 is 0. The Labute approximate surface area is 254 Å². The quantitative estimate of drug-likeness (QED) is 0.222. The van der Waals surface area contributed by atoms with Crippen molar-refractivity contribution in [3.05, 3.63) is 70.0 Å². The highest BCUT2D eigenvalue weighted by Gasteiger charge is 2.64. The van der Waals surface area contributed by atoms with E-state index in [1.54, 1.807) is 44.4 Å². The number of carbonyl (C=O) groups excluding carboxylic acids is 4. The van der Waals surface area contributed by atoms with Crippen LogP contribution < -0.4 is 5.73 Å². The molecule has 232 valence electrons. The van der Waals surface area contributed by atoms with Crippen molar-refractivity contribution in [2.75, 3.05) is 34.7 Å². The zero-order valence-electron chi connectivity index (χ0n) is 25.1. The number of aliphatic hydroxyl groups excluding tert-OH is 2. The molecular weight excluding hydrogens is 566 g/mol. The van der Waals surface area contributed by atoms with Crippen LogP contribution in [0.5, 0.6) is 5.75 Å². The summed E-state index contributed by atoms with van der Waals surface area (Å²) in [6.45, 7) is 0.802. The summed E-state index contributed by atoms with van der Waals surface area (Å²) in [5.41, 5.74) is 4.18. The summed E-state index contributed by atoms with van der Waals surface area (Å²) in [4.78, 5) is 55.6. The van der Waals surface area contributed by atoms with Gasteiger partial charge in [-0.3, -0.25) is 24.1 Å². The SMILES string of the molecule is CN(C)CCCC(=O)c1ccc(-c2ccc(O)c3c2C[C@H]2C[C@H]4[C@H](N(C)C)C(=O)C(C(N)=O)=C(O)[C@@]4(O)C(=O)C2=C3O)cc1. The Morgan fingerprint density at radius 3 is 2.25 bits per heavy atom. The molecule has 2 aromatic rings. The molecule has 3 aliphatic carbocycles. The average Bonchev–Trinajstić information content (AvgIpc) is 2.94. The highest BCUT2D eigenvalue weighted by Crippen LogP contribution is 2.53. The summed E-state index contributed by atoms with van der Waals surface area (Å²) in [5.74, 6) is -6.91. The first-order valence-corrected chi connectivity index (χ1v) is 14.5. The fourth-order valence-electron chi connectivity index (χ4n) is 7.05. The highest BCUT2D eigenvalue weighted by molar-refractivity contribution is 6.24. The molecule has 6 N–H and O–H groups in total. The second kappa shape index (κ2) is 11.3. The van der Waals surface area contributed by atoms with Gasteiger partial charge in [-0.2, -0.15) is 0 Å². The third-order valence-corrected chi connectivity index (χ3v) is 9.13. The second-order valence-corrected chi connectivity index (χ2v) is 12.4. The average molecular weight is 604 g/mol. The third-order valence-electron chi connectivity index (χ3n) is 9.13. The minimum absolute atomic E-state index is 0.00124. The first kappa shape index (κ1) is 31.1. The van der Waals surface area contributed by atoms with Crippen LogP contribution >= 0.6 is 0 Å². The van der Waals surface area contributed by atoms with Crippen LogP contribution in [-0.2, 0) is 20.8 Å². The van der Waals surface area contributed by atoms with Crippen molar-refractivity contribution in [1.82, 2.24) is 9.80 Å². The van der Waals surface area contributed by atoms with Gasteiger partial charge in [0, 0.05) is 23.5 Å². The van der Waals surface area contributed by atoms with Crippen molar-refractivity contribution < 1.29 is 39.6 Å². The lowest BCUT2D eigenvalue weighted by molar-refractivity contribution is -0.153. The van der Waals surface area contributed by atoms with E-state index in [1.807, 2.05) is 19.0 Å². The minimum Gasteiger partial charge on any atom is -0.508 e. The van der Waals surface area contributed by atoms with Gasteiger partial charge in [-0.15, -0.1) is 0 Å². The van der Waals surface area contributed by atoms with Gasteiger partial charge in [0.15, 0.2) is 17.2 Å². The summed E-state index contributed by atoms with van der Waals surface area (Å²) in [6, 6.07) is 9.00. The van der Waals surface area contributed by atoms with Crippen molar-refractivity contribution in [3.8, 4) is 16.9 Å². The molecule has 0 bridgehead atoms. The molecule has 1 amide bonds. The molecule has 0 heterocycles. The number of fused-ring (bicyclic) bond motifs is 3. The maximum atomic E-state index is 14.0. The van der Waals surface area contributed by atoms with Crippen molar-refractivity contribution in [2.24, 2.45) is 17.6 Å². The Kier molecular flexibility index (Phi) is 8.00. The molecule has 5 rings (SSSR count). The zero-order valence-corrected chi connectivity index (χ0v) is 25.1. The smallest absolute Gasteiger partial charge is 0.255 e. The summed E-state index contributed by atoms with van der Waals surface area (Å²) in [5, 5.41) is 45.1. The molecule has 11 heteroatoms. The Morgan fingerprint density at radius 2 is 1.66 bits per heavy atom. The van der Waals surface area contributed by atoms with Gasteiger partial charge < -0.3 is 31.1 Å². The van der Waals surface area contributed by atoms with E-state index < -0.39 is 58.0 Å². The Morgan fingerprint density at radius 1 is 1.00 bits per heavy atom. The summed E-state index contributed by atoms with van der Waals surface area (Å²) < 4.78 is 0. The molecule has 0 radical (unpaired) electrons. The molecule has 11 nitrogen and oxygen atoms in total. The molecule has 1 fully saturated rings. The first-order valence-electron chi connectivity index (χ1n) is 14.5. The van der Waals surface area contributed by atoms with Gasteiger partial charge in [-0.25, -0.2) is 0 Å². The predicted molar refractivity (Wildman–Crippen MR) is 162 cm³/mol. The Bertz CT molecular complexity index is 1640. The summed E-state index contributed by atoms with van der Waals surface area (Å²) in [7, 11) is 7.01. The number of aliphatic hydroxyl groups is 3. The molecule has 3 aliphatic rings. The number of phenols is 1. The Balaban J connectivity index is 1.58. The second-order valence-electron chi connectivity index (χ2n) is 12.4. The number of hydrogen-bond acceptors (Lipinski definition) is 10. The molecule has 1 saturated carbocycles. The number of hydrogen-bond donors (Lipinski definition) is 5. The van der Waals surface area contributed by atoms with Gasteiger partial charge in [-0.05, 0) is 82.7 Å². The molecule has 0 aromatic heterocycles. The van der Waals surface area contributed by atoms with Crippen molar-refractivity contribution >= 4 is 29.0 Å². The number of carbonyl (C=O) groups is 4. The molecule has 4 atom stereocenters. The molecule has 0 saturated heterocycles. The van der Waals surface area contributed by atoms with Gasteiger partial charge >= 0.3 is 0 Å². The fourth-order valence-corrected chi connectivity index (χ4v) is 7.05. The number of likely N-dealkylation sites (N-methyl/N-ethyl adjacent to an activating group) is 1. The number of nitrogens with two attached hydrogens (primary N) is 1. The van der Waals surface area contributed by atoms with Gasteiger partial charge in [-0.1, -0.05) is 30.3 Å². The topological polar surface area (TPSA) is 182 Å². The molecule has 2 aromatic carbocycles. The predicted octanol–water partition coefficient (Wildman–Crippen LogP) is 2.16. The fraction of sp³-hybridized carbons (Fsp3) is 0.394. The largest absolute Gasteiger partial charge is 0.508 e. The van der Waals surface area contributed by atoms with Crippen molar-refractivity contribution in [3.63, 3.8) is 0 Å². The maximum absolute atomic E-state index is 14.0. The summed E-state index contributed by atoms with van der Waals surface area (Å²) in [6.07, 6.45) is 1.32. The zero-order chi connectivity index (χ0) is 32.2. The van der Waals surface area contributed by atoms with E-state index in [0.29, 0.717) is 23.1 Å². The number of rotatable bonds is 8. The lowest BCUT2D eigenvalue weighted by atomic mass is 9.57. The minimum atomic E-state index is -2.69. The lowest BCUT2D eigenvalue weighted by Crippen LogP contribution is -2.65. The van der Waals surface area contributed by atoms with Crippen molar-refractivity contribution in [1.29, 1.82) is 0 Å². The van der Waals surface area contributed by atoms with Crippen LogP contribution in [0.1, 0.15) is 40.7 Å². The van der Waals surface area contributed by atoms with Gasteiger partial charge in [0.2, 0.25) is 5.78 Å². The number of ketones is 3. The number of nitrogens with zero attached hydrogens (tertiary/aromatic N) is 2. The molecular formula is C33H37N3O8. The number of amides is 1. The van der Waals surface area contributed by atoms with E-state index >= 15 is 0 Å². The third kappa shape index (κ3) is 4.81. The number of phenolic OH excluding ortho intramolecular Hbond substituents is 1. The maximum Gasteiger partial charge on any atom is 0.255 e. The van der Waals surface area contributed by atoms with E-state index in [1.165, 1.54) is 11.0 Å². The number of benzene rings is 2. The highest BCUT2D eigenvalue weighted by atomic mass is 16.3. The van der Waals surface area contributed by atoms with Crippen LogP contribution in [0.15, 0.2) is 53.3 Å². The van der Waals surface area contributed by atoms with E-state index in [2.05, 4.69) is 0 Å². The van der Waals surface area contributed by atoms with Crippen molar-refractivity contribution in [2.45, 2.75) is 37.3 Å². The normalized spacial score (nSPS) is 24.8. The first-order chi connectivity index (χ1) is 20.7.